The number of carbonyl (C=O) groups excluding carboxylic acids is 2. The van der Waals surface area contributed by atoms with Gasteiger partial charge in [0.15, 0.2) is 0 Å². The summed E-state index contributed by atoms with van der Waals surface area (Å²) >= 11 is 0. The average Bonchev–Trinajstić information content (AvgIpc) is 2.74. The smallest absolute Gasteiger partial charge is 0.249 e. The van der Waals surface area contributed by atoms with Crippen molar-refractivity contribution in [1.29, 1.82) is 0 Å². The Morgan fingerprint density at radius 3 is 2.47 bits per heavy atom. The van der Waals surface area contributed by atoms with Gasteiger partial charge in [-0.3, -0.25) is 19.8 Å². The van der Waals surface area contributed by atoms with E-state index >= 15 is 0 Å². The second-order valence-corrected chi connectivity index (χ2v) is 8.73. The molecule has 0 radical (unpaired) electrons. The zero-order valence-corrected chi connectivity index (χ0v) is 17.5. The van der Waals surface area contributed by atoms with Crippen LogP contribution in [-0.2, 0) is 16.1 Å². The van der Waals surface area contributed by atoms with E-state index in [0.29, 0.717) is 12.1 Å². The van der Waals surface area contributed by atoms with Gasteiger partial charge in [-0.2, -0.15) is 0 Å². The first-order chi connectivity index (χ1) is 14.6. The molecule has 1 atom stereocenters. The van der Waals surface area contributed by atoms with Crippen LogP contribution in [0.2, 0.25) is 0 Å². The Morgan fingerprint density at radius 2 is 1.77 bits per heavy atom. The van der Waals surface area contributed by atoms with Crippen LogP contribution in [0.5, 0.6) is 0 Å². The maximum absolute atomic E-state index is 14.6. The molecule has 1 aromatic rings. The topological polar surface area (TPSA) is 76.7 Å². The predicted octanol–water partition coefficient (Wildman–Crippen LogP) is 1.16. The molecule has 0 aliphatic carbocycles. The fraction of sp³-hybridized carbons (Fsp3) is 0.636. The third kappa shape index (κ3) is 5.56. The van der Waals surface area contributed by atoms with E-state index in [2.05, 4.69) is 25.8 Å². The Kier molecular flexibility index (Phi) is 6.97. The number of rotatable bonds is 6. The first kappa shape index (κ1) is 21.2. The molecule has 3 heterocycles. The van der Waals surface area contributed by atoms with Crippen LogP contribution in [0.1, 0.15) is 31.2 Å². The van der Waals surface area contributed by atoms with Crippen LogP contribution in [-0.4, -0.2) is 73.5 Å². The number of benzene rings is 1. The second-order valence-electron chi connectivity index (χ2n) is 8.73. The molecule has 164 valence electrons. The molecule has 8 heteroatoms. The summed E-state index contributed by atoms with van der Waals surface area (Å²) in [6, 6.07) is 4.59. The minimum Gasteiger partial charge on any atom is -0.371 e. The largest absolute Gasteiger partial charge is 0.371 e. The minimum absolute atomic E-state index is 0.271. The maximum atomic E-state index is 14.6. The molecule has 30 heavy (non-hydrogen) atoms. The molecule has 7 nitrogen and oxygen atoms in total. The molecule has 0 spiro atoms. The van der Waals surface area contributed by atoms with Crippen molar-refractivity contribution in [2.45, 2.75) is 38.3 Å². The standard InChI is InChI=1S/C22H32FN5O2/c23-18-13-17(1-2-19(18)25-20-3-4-21(29)26-22(20)30)15-28-11-9-27(10-12-28)14-16-5-7-24-8-6-16/h1-2,13,16,20,24-25H,3-12,14-15H2,(H,26,29,30). The van der Waals surface area contributed by atoms with Crippen LogP contribution >= 0.6 is 0 Å². The van der Waals surface area contributed by atoms with E-state index in [-0.39, 0.29) is 18.1 Å². The Balaban J connectivity index is 1.25. The molecule has 4 rings (SSSR count). The quantitative estimate of drug-likeness (QED) is 0.603. The molecule has 0 bridgehead atoms. The highest BCUT2D eigenvalue weighted by atomic mass is 19.1. The van der Waals surface area contributed by atoms with Gasteiger partial charge in [-0.1, -0.05) is 6.07 Å². The summed E-state index contributed by atoms with van der Waals surface area (Å²) in [4.78, 5) is 28.1. The summed E-state index contributed by atoms with van der Waals surface area (Å²) < 4.78 is 14.6. The normalized spacial score (nSPS) is 24.6. The van der Waals surface area contributed by atoms with Crippen LogP contribution < -0.4 is 16.0 Å². The Morgan fingerprint density at radius 1 is 1.03 bits per heavy atom. The summed E-state index contributed by atoms with van der Waals surface area (Å²) in [5.41, 5.74) is 1.24. The van der Waals surface area contributed by atoms with Crippen molar-refractivity contribution in [1.82, 2.24) is 20.4 Å². The highest BCUT2D eigenvalue weighted by molar-refractivity contribution is 6.01. The van der Waals surface area contributed by atoms with Crippen molar-refractivity contribution in [3.63, 3.8) is 0 Å². The van der Waals surface area contributed by atoms with Gasteiger partial charge in [-0.05, 0) is 56.0 Å². The van der Waals surface area contributed by atoms with E-state index in [1.165, 1.54) is 19.4 Å². The number of nitrogens with zero attached hydrogens (tertiary/aromatic N) is 2. The van der Waals surface area contributed by atoms with Crippen LogP contribution in [0.3, 0.4) is 0 Å². The van der Waals surface area contributed by atoms with Crippen molar-refractivity contribution in [3.05, 3.63) is 29.6 Å². The van der Waals surface area contributed by atoms with Crippen molar-refractivity contribution in [3.8, 4) is 0 Å². The van der Waals surface area contributed by atoms with Crippen LogP contribution in [0.15, 0.2) is 18.2 Å². The Hall–Kier alpha value is -2.03. The van der Waals surface area contributed by atoms with E-state index in [1.807, 2.05) is 6.07 Å². The van der Waals surface area contributed by atoms with Gasteiger partial charge >= 0.3 is 0 Å². The zero-order valence-electron chi connectivity index (χ0n) is 17.5. The molecule has 0 aromatic heterocycles. The van der Waals surface area contributed by atoms with E-state index in [4.69, 9.17) is 0 Å². The fourth-order valence-corrected chi connectivity index (χ4v) is 4.61. The monoisotopic (exact) mass is 417 g/mol. The molecule has 1 unspecified atom stereocenters. The summed E-state index contributed by atoms with van der Waals surface area (Å²) in [5.74, 6) is -0.208. The van der Waals surface area contributed by atoms with E-state index in [1.54, 1.807) is 12.1 Å². The number of imide groups is 1. The fourth-order valence-electron chi connectivity index (χ4n) is 4.61. The highest BCUT2D eigenvalue weighted by Crippen LogP contribution is 2.21. The third-order valence-electron chi connectivity index (χ3n) is 6.45. The number of anilines is 1. The SMILES string of the molecule is O=C1CCC(Nc2ccc(CN3CCN(CC4CCNCC4)CC3)cc2F)C(=O)N1. The van der Waals surface area contributed by atoms with Gasteiger partial charge in [0.25, 0.3) is 0 Å². The number of hydrogen-bond acceptors (Lipinski definition) is 6. The summed E-state index contributed by atoms with van der Waals surface area (Å²) in [7, 11) is 0. The molecule has 2 amide bonds. The lowest BCUT2D eigenvalue weighted by atomic mass is 9.97. The number of carbonyl (C=O) groups is 2. The number of halogens is 1. The summed E-state index contributed by atoms with van der Waals surface area (Å²) in [6.45, 7) is 8.37. The van der Waals surface area contributed by atoms with Crippen LogP contribution in [0.4, 0.5) is 10.1 Å². The van der Waals surface area contributed by atoms with Gasteiger partial charge in [-0.15, -0.1) is 0 Å². The molecule has 3 fully saturated rings. The first-order valence-corrected chi connectivity index (χ1v) is 11.1. The number of hydrogen-bond donors (Lipinski definition) is 3. The molecule has 0 saturated carbocycles. The number of nitrogens with one attached hydrogen (secondary N) is 3. The Bertz CT molecular complexity index is 760. The second kappa shape index (κ2) is 9.85. The van der Waals surface area contributed by atoms with Gasteiger partial charge in [0.2, 0.25) is 11.8 Å². The highest BCUT2D eigenvalue weighted by Gasteiger charge is 2.27. The number of piperazine rings is 1. The third-order valence-corrected chi connectivity index (χ3v) is 6.45. The van der Waals surface area contributed by atoms with Crippen molar-refractivity contribution < 1.29 is 14.0 Å². The van der Waals surface area contributed by atoms with Crippen LogP contribution in [0.25, 0.3) is 0 Å². The molecule has 1 aromatic carbocycles. The molecular weight excluding hydrogens is 385 g/mol. The lowest BCUT2D eigenvalue weighted by molar-refractivity contribution is -0.133. The average molecular weight is 418 g/mol. The van der Waals surface area contributed by atoms with Gasteiger partial charge in [0.1, 0.15) is 11.9 Å². The van der Waals surface area contributed by atoms with Gasteiger partial charge in [-0.25, -0.2) is 4.39 Å². The molecule has 3 N–H and O–H groups in total. The van der Waals surface area contributed by atoms with Crippen LogP contribution in [0, 0.1) is 11.7 Å². The number of amides is 2. The summed E-state index contributed by atoms with van der Waals surface area (Å²) in [6.07, 6.45) is 3.21. The number of piperidine rings is 2. The first-order valence-electron chi connectivity index (χ1n) is 11.1. The maximum Gasteiger partial charge on any atom is 0.249 e. The van der Waals surface area contributed by atoms with E-state index in [9.17, 15) is 14.0 Å². The van der Waals surface area contributed by atoms with Crippen molar-refractivity contribution in [2.75, 3.05) is 51.1 Å². The van der Waals surface area contributed by atoms with E-state index < -0.39 is 11.9 Å². The van der Waals surface area contributed by atoms with E-state index in [0.717, 1.165) is 57.3 Å². The van der Waals surface area contributed by atoms with Crippen molar-refractivity contribution in [2.24, 2.45) is 5.92 Å². The zero-order chi connectivity index (χ0) is 20.9. The molecule has 3 saturated heterocycles. The van der Waals surface area contributed by atoms with Crippen molar-refractivity contribution >= 4 is 17.5 Å². The van der Waals surface area contributed by atoms with Gasteiger partial charge < -0.3 is 15.5 Å². The molecule has 3 aliphatic rings. The summed E-state index contributed by atoms with van der Waals surface area (Å²) in [5, 5.41) is 8.64. The minimum atomic E-state index is -0.573. The van der Waals surface area contributed by atoms with Gasteiger partial charge in [0, 0.05) is 45.7 Å². The van der Waals surface area contributed by atoms with Gasteiger partial charge in [0.05, 0.1) is 5.69 Å². The lowest BCUT2D eigenvalue weighted by Crippen LogP contribution is -2.48. The molecule has 3 aliphatic heterocycles. The Labute approximate surface area is 177 Å². The lowest BCUT2D eigenvalue weighted by Gasteiger charge is -2.37. The molecular formula is C22H32FN5O2. The predicted molar refractivity (Wildman–Crippen MR) is 114 cm³/mol.